The van der Waals surface area contributed by atoms with Crippen LogP contribution in [0.25, 0.3) is 17.0 Å². The highest BCUT2D eigenvalue weighted by atomic mass is 15.2. The molecule has 2 aromatic rings. The Morgan fingerprint density at radius 2 is 1.91 bits per heavy atom. The molecule has 0 N–H and O–H groups in total. The summed E-state index contributed by atoms with van der Waals surface area (Å²) >= 11 is 0. The van der Waals surface area contributed by atoms with Gasteiger partial charge in [0.25, 0.3) is 0 Å². The minimum atomic E-state index is 0.795. The zero-order valence-electron chi connectivity index (χ0n) is 13.5. The van der Waals surface area contributed by atoms with E-state index in [9.17, 15) is 0 Å². The van der Waals surface area contributed by atoms with E-state index < -0.39 is 0 Å². The van der Waals surface area contributed by atoms with Crippen molar-refractivity contribution in [3.8, 4) is 0 Å². The van der Waals surface area contributed by atoms with Crippen LogP contribution in [0.2, 0.25) is 0 Å². The highest BCUT2D eigenvalue weighted by molar-refractivity contribution is 5.89. The van der Waals surface area contributed by atoms with Crippen LogP contribution >= 0.6 is 0 Å². The second-order valence-corrected chi connectivity index (χ2v) is 6.06. The topological polar surface area (TPSA) is 32.3 Å². The van der Waals surface area contributed by atoms with Gasteiger partial charge in [-0.3, -0.25) is 0 Å². The summed E-state index contributed by atoms with van der Waals surface area (Å²) in [5, 5.41) is 1.10. The maximum atomic E-state index is 4.68. The first kappa shape index (κ1) is 15.0. The number of likely N-dealkylation sites (tertiary alicyclic amines) is 1. The molecule has 0 saturated carbocycles. The fourth-order valence-corrected chi connectivity index (χ4v) is 2.94. The van der Waals surface area contributed by atoms with E-state index in [1.807, 2.05) is 37.2 Å². The molecule has 4 nitrogen and oxygen atoms in total. The second-order valence-electron chi connectivity index (χ2n) is 6.06. The van der Waals surface area contributed by atoms with Crippen molar-refractivity contribution in [2.24, 2.45) is 0 Å². The van der Waals surface area contributed by atoms with Gasteiger partial charge in [0, 0.05) is 26.0 Å². The Bertz CT molecular complexity index is 657. The van der Waals surface area contributed by atoms with Gasteiger partial charge < -0.3 is 9.80 Å². The number of aromatic nitrogens is 2. The molecule has 0 spiro atoms. The molecule has 1 aromatic heterocycles. The Morgan fingerprint density at radius 3 is 2.68 bits per heavy atom. The number of hydrogen-bond acceptors (Lipinski definition) is 4. The predicted octanol–water partition coefficient (Wildman–Crippen LogP) is 3.19. The molecular weight excluding hydrogens is 272 g/mol. The number of nitrogens with zero attached hydrogens (tertiary/aromatic N) is 4. The number of benzene rings is 1. The molecule has 0 radical (unpaired) electrons. The lowest BCUT2D eigenvalue weighted by Crippen LogP contribution is -2.19. The molecule has 0 bridgehead atoms. The Balaban J connectivity index is 1.75. The minimum absolute atomic E-state index is 0.795. The minimum Gasteiger partial charge on any atom is -0.362 e. The Morgan fingerprint density at radius 1 is 1.14 bits per heavy atom. The van der Waals surface area contributed by atoms with E-state index in [1.165, 1.54) is 25.9 Å². The molecule has 0 amide bonds. The zero-order valence-corrected chi connectivity index (χ0v) is 13.5. The summed E-state index contributed by atoms with van der Waals surface area (Å²) in [6.45, 7) is 3.65. The fourth-order valence-electron chi connectivity index (χ4n) is 2.94. The van der Waals surface area contributed by atoms with Crippen LogP contribution in [-0.4, -0.2) is 48.6 Å². The average molecular weight is 296 g/mol. The molecule has 1 aromatic carbocycles. The van der Waals surface area contributed by atoms with E-state index in [0.29, 0.717) is 0 Å². The highest BCUT2D eigenvalue weighted by Crippen LogP contribution is 2.22. The largest absolute Gasteiger partial charge is 0.362 e. The third-order valence-electron chi connectivity index (χ3n) is 4.10. The Kier molecular flexibility index (Phi) is 4.68. The SMILES string of the molecule is CN(C)c1nc(C=CCCN2CCCC2)nc2ccccc12. The van der Waals surface area contributed by atoms with Gasteiger partial charge in [0.2, 0.25) is 0 Å². The van der Waals surface area contributed by atoms with Crippen molar-refractivity contribution in [2.45, 2.75) is 19.3 Å². The number of hydrogen-bond donors (Lipinski definition) is 0. The van der Waals surface area contributed by atoms with E-state index >= 15 is 0 Å². The molecule has 1 aliphatic heterocycles. The summed E-state index contributed by atoms with van der Waals surface area (Å²) in [4.78, 5) is 13.9. The summed E-state index contributed by atoms with van der Waals surface area (Å²) in [7, 11) is 4.05. The lowest BCUT2D eigenvalue weighted by molar-refractivity contribution is 0.346. The lowest BCUT2D eigenvalue weighted by atomic mass is 10.2. The van der Waals surface area contributed by atoms with Gasteiger partial charge in [0.05, 0.1) is 5.52 Å². The molecule has 0 atom stereocenters. The number of fused-ring (bicyclic) bond motifs is 1. The molecule has 1 saturated heterocycles. The second kappa shape index (κ2) is 6.88. The third-order valence-corrected chi connectivity index (χ3v) is 4.10. The van der Waals surface area contributed by atoms with Gasteiger partial charge in [-0.15, -0.1) is 0 Å². The summed E-state index contributed by atoms with van der Waals surface area (Å²) in [6.07, 6.45) is 8.01. The van der Waals surface area contributed by atoms with Crippen molar-refractivity contribution < 1.29 is 0 Å². The normalized spacial score (nSPS) is 15.9. The lowest BCUT2D eigenvalue weighted by Gasteiger charge is -2.14. The van der Waals surface area contributed by atoms with Crippen LogP contribution in [0.1, 0.15) is 25.1 Å². The van der Waals surface area contributed by atoms with Crippen LogP contribution < -0.4 is 4.90 Å². The van der Waals surface area contributed by atoms with Crippen LogP contribution in [0.5, 0.6) is 0 Å². The first-order valence-corrected chi connectivity index (χ1v) is 8.07. The van der Waals surface area contributed by atoms with Crippen molar-refractivity contribution in [1.29, 1.82) is 0 Å². The number of para-hydroxylation sites is 1. The molecular formula is C18H24N4. The van der Waals surface area contributed by atoms with Crippen molar-refractivity contribution in [1.82, 2.24) is 14.9 Å². The third kappa shape index (κ3) is 3.45. The summed E-state index contributed by atoms with van der Waals surface area (Å²) in [6, 6.07) is 8.18. The van der Waals surface area contributed by atoms with Crippen molar-refractivity contribution in [3.63, 3.8) is 0 Å². The maximum absolute atomic E-state index is 4.68. The van der Waals surface area contributed by atoms with E-state index in [4.69, 9.17) is 0 Å². The van der Waals surface area contributed by atoms with Gasteiger partial charge in [-0.2, -0.15) is 0 Å². The number of rotatable bonds is 5. The Labute approximate surface area is 132 Å². The molecule has 4 heteroatoms. The van der Waals surface area contributed by atoms with E-state index in [1.54, 1.807) is 0 Å². The molecule has 116 valence electrons. The van der Waals surface area contributed by atoms with E-state index in [-0.39, 0.29) is 0 Å². The highest BCUT2D eigenvalue weighted by Gasteiger charge is 2.10. The Hall–Kier alpha value is -1.94. The van der Waals surface area contributed by atoms with Crippen LogP contribution in [0.3, 0.4) is 0 Å². The summed E-state index contributed by atoms with van der Waals surface area (Å²) < 4.78 is 0. The number of anilines is 1. The molecule has 2 heterocycles. The summed E-state index contributed by atoms with van der Waals surface area (Å²) in [5.74, 6) is 1.77. The van der Waals surface area contributed by atoms with E-state index in [2.05, 4.69) is 33.1 Å². The van der Waals surface area contributed by atoms with Gasteiger partial charge in [-0.25, -0.2) is 9.97 Å². The van der Waals surface area contributed by atoms with Crippen LogP contribution in [0.4, 0.5) is 5.82 Å². The molecule has 1 aliphatic rings. The van der Waals surface area contributed by atoms with Crippen LogP contribution in [-0.2, 0) is 0 Å². The first-order valence-electron chi connectivity index (χ1n) is 8.07. The summed E-state index contributed by atoms with van der Waals surface area (Å²) in [5.41, 5.74) is 1.00. The zero-order chi connectivity index (χ0) is 15.4. The quantitative estimate of drug-likeness (QED) is 0.848. The van der Waals surface area contributed by atoms with Gasteiger partial charge in [0.1, 0.15) is 5.82 Å². The maximum Gasteiger partial charge on any atom is 0.154 e. The standard InChI is InChI=1S/C18H24N4/c1-21(2)18-15-9-3-4-10-16(15)19-17(20-18)11-5-6-12-22-13-7-8-14-22/h3-5,9-11H,6-8,12-14H2,1-2H3. The van der Waals surface area contributed by atoms with Gasteiger partial charge in [-0.1, -0.05) is 18.2 Å². The van der Waals surface area contributed by atoms with Crippen LogP contribution in [0, 0.1) is 0 Å². The molecule has 22 heavy (non-hydrogen) atoms. The average Bonchev–Trinajstić information content (AvgIpc) is 3.04. The molecule has 0 aliphatic carbocycles. The van der Waals surface area contributed by atoms with Crippen molar-refractivity contribution in [3.05, 3.63) is 36.2 Å². The first-order chi connectivity index (χ1) is 10.7. The van der Waals surface area contributed by atoms with Gasteiger partial charge >= 0.3 is 0 Å². The molecule has 1 fully saturated rings. The van der Waals surface area contributed by atoms with Crippen LogP contribution in [0.15, 0.2) is 30.3 Å². The smallest absolute Gasteiger partial charge is 0.154 e. The van der Waals surface area contributed by atoms with Gasteiger partial charge in [-0.05, 0) is 50.6 Å². The van der Waals surface area contributed by atoms with Crippen molar-refractivity contribution in [2.75, 3.05) is 38.6 Å². The van der Waals surface area contributed by atoms with Gasteiger partial charge in [0.15, 0.2) is 5.82 Å². The fraction of sp³-hybridized carbons (Fsp3) is 0.444. The molecule has 3 rings (SSSR count). The predicted molar refractivity (Wildman–Crippen MR) is 93.2 cm³/mol. The molecule has 0 unspecified atom stereocenters. The van der Waals surface area contributed by atoms with Crippen molar-refractivity contribution >= 4 is 22.8 Å². The van der Waals surface area contributed by atoms with E-state index in [0.717, 1.165) is 35.5 Å². The monoisotopic (exact) mass is 296 g/mol.